The average molecular weight is 295 g/mol. The minimum absolute atomic E-state index is 0.208. The quantitative estimate of drug-likeness (QED) is 0.671. The first-order chi connectivity index (χ1) is 10.1. The van der Waals surface area contributed by atoms with E-state index in [0.29, 0.717) is 5.92 Å². The van der Waals surface area contributed by atoms with Gasteiger partial charge in [-0.05, 0) is 44.0 Å². The average Bonchev–Trinajstić information content (AvgIpc) is 2.49. The third-order valence-corrected chi connectivity index (χ3v) is 3.27. The van der Waals surface area contributed by atoms with E-state index >= 15 is 0 Å². The minimum Gasteiger partial charge on any atom is -0.497 e. The van der Waals surface area contributed by atoms with Gasteiger partial charge in [-0.25, -0.2) is 0 Å². The summed E-state index contributed by atoms with van der Waals surface area (Å²) in [5, 5.41) is 3.50. The second kappa shape index (κ2) is 9.64. The van der Waals surface area contributed by atoms with Crippen molar-refractivity contribution in [2.24, 2.45) is 5.92 Å². The summed E-state index contributed by atoms with van der Waals surface area (Å²) < 4.78 is 16.3. The Bertz CT molecular complexity index is 407. The highest BCUT2D eigenvalue weighted by molar-refractivity contribution is 5.42. The molecule has 0 aliphatic rings. The molecule has 1 atom stereocenters. The molecule has 1 rings (SSSR count). The zero-order valence-electron chi connectivity index (χ0n) is 13.9. The van der Waals surface area contributed by atoms with E-state index in [2.05, 4.69) is 26.1 Å². The highest BCUT2D eigenvalue weighted by atomic mass is 16.5. The van der Waals surface area contributed by atoms with Crippen molar-refractivity contribution in [3.8, 4) is 11.5 Å². The highest BCUT2D eigenvalue weighted by Crippen LogP contribution is 2.29. The van der Waals surface area contributed by atoms with Crippen molar-refractivity contribution in [3.05, 3.63) is 23.8 Å². The van der Waals surface area contributed by atoms with Crippen LogP contribution in [0.3, 0.4) is 0 Å². The van der Waals surface area contributed by atoms with E-state index in [1.807, 2.05) is 18.2 Å². The van der Waals surface area contributed by atoms with Crippen molar-refractivity contribution in [3.63, 3.8) is 0 Å². The Morgan fingerprint density at radius 2 is 1.86 bits per heavy atom. The largest absolute Gasteiger partial charge is 0.497 e. The molecule has 0 saturated heterocycles. The molecule has 0 spiro atoms. The number of benzene rings is 1. The van der Waals surface area contributed by atoms with Crippen LogP contribution in [0.1, 0.15) is 38.8 Å². The Labute approximate surface area is 128 Å². The molecule has 4 nitrogen and oxygen atoms in total. The van der Waals surface area contributed by atoms with E-state index in [9.17, 15) is 0 Å². The zero-order valence-corrected chi connectivity index (χ0v) is 13.9. The Kier molecular flexibility index (Phi) is 8.16. The maximum Gasteiger partial charge on any atom is 0.123 e. The first kappa shape index (κ1) is 17.8. The fourth-order valence-electron chi connectivity index (χ4n) is 2.10. The summed E-state index contributed by atoms with van der Waals surface area (Å²) in [5.41, 5.74) is 1.11. The molecule has 0 aromatic heterocycles. The lowest BCUT2D eigenvalue weighted by atomic mass is 10.1. The topological polar surface area (TPSA) is 39.7 Å². The van der Waals surface area contributed by atoms with Gasteiger partial charge in [-0.3, -0.25) is 0 Å². The van der Waals surface area contributed by atoms with Crippen LogP contribution in [-0.2, 0) is 4.74 Å². The van der Waals surface area contributed by atoms with Gasteiger partial charge in [0.2, 0.25) is 0 Å². The molecule has 1 aromatic rings. The van der Waals surface area contributed by atoms with E-state index in [0.717, 1.165) is 43.2 Å². The van der Waals surface area contributed by atoms with E-state index in [4.69, 9.17) is 14.2 Å². The molecule has 0 saturated carbocycles. The van der Waals surface area contributed by atoms with Gasteiger partial charge in [0.15, 0.2) is 0 Å². The summed E-state index contributed by atoms with van der Waals surface area (Å²) in [6.45, 7) is 9.00. The molecule has 0 fully saturated rings. The molecule has 0 heterocycles. The smallest absolute Gasteiger partial charge is 0.123 e. The Morgan fingerprint density at radius 1 is 1.10 bits per heavy atom. The number of ether oxygens (including phenoxy) is 3. The maximum absolute atomic E-state index is 5.58. The summed E-state index contributed by atoms with van der Waals surface area (Å²) >= 11 is 0. The predicted molar refractivity (Wildman–Crippen MR) is 86.2 cm³/mol. The van der Waals surface area contributed by atoms with Gasteiger partial charge in [-0.1, -0.05) is 13.8 Å². The number of methoxy groups -OCH3 is 2. The molecular weight excluding hydrogens is 266 g/mol. The molecule has 0 amide bonds. The molecule has 0 aliphatic heterocycles. The van der Waals surface area contributed by atoms with Crippen LogP contribution in [0.25, 0.3) is 0 Å². The zero-order chi connectivity index (χ0) is 15.7. The van der Waals surface area contributed by atoms with Gasteiger partial charge in [0.1, 0.15) is 11.5 Å². The lowest BCUT2D eigenvalue weighted by Gasteiger charge is -2.18. The van der Waals surface area contributed by atoms with Crippen molar-refractivity contribution in [2.45, 2.75) is 33.2 Å². The van der Waals surface area contributed by atoms with Crippen LogP contribution in [0.4, 0.5) is 0 Å². The molecule has 21 heavy (non-hydrogen) atoms. The summed E-state index contributed by atoms with van der Waals surface area (Å²) in [5.74, 6) is 2.32. The van der Waals surface area contributed by atoms with Crippen molar-refractivity contribution in [1.29, 1.82) is 0 Å². The number of hydrogen-bond donors (Lipinski definition) is 1. The summed E-state index contributed by atoms with van der Waals surface area (Å²) in [7, 11) is 3.37. The minimum atomic E-state index is 0.208. The van der Waals surface area contributed by atoms with Gasteiger partial charge in [-0.15, -0.1) is 0 Å². The van der Waals surface area contributed by atoms with Crippen molar-refractivity contribution in [2.75, 3.05) is 34.0 Å². The molecule has 120 valence electrons. The Hall–Kier alpha value is -1.26. The van der Waals surface area contributed by atoms with Gasteiger partial charge in [-0.2, -0.15) is 0 Å². The first-order valence-electron chi connectivity index (χ1n) is 7.61. The van der Waals surface area contributed by atoms with Crippen LogP contribution in [0.5, 0.6) is 11.5 Å². The molecule has 0 bridgehead atoms. The molecular formula is C17H29NO3. The number of hydrogen-bond acceptors (Lipinski definition) is 4. The molecule has 1 aromatic carbocycles. The molecule has 1 N–H and O–H groups in total. The second-order valence-corrected chi connectivity index (χ2v) is 5.61. The fourth-order valence-corrected chi connectivity index (χ4v) is 2.10. The lowest BCUT2D eigenvalue weighted by molar-refractivity contribution is 0.107. The summed E-state index contributed by atoms with van der Waals surface area (Å²) in [4.78, 5) is 0. The van der Waals surface area contributed by atoms with E-state index in [1.165, 1.54) is 0 Å². The van der Waals surface area contributed by atoms with E-state index in [-0.39, 0.29) is 6.04 Å². The van der Waals surface area contributed by atoms with Crippen LogP contribution < -0.4 is 14.8 Å². The Balaban J connectivity index is 2.42. The second-order valence-electron chi connectivity index (χ2n) is 5.61. The molecule has 0 radical (unpaired) electrons. The van der Waals surface area contributed by atoms with Crippen LogP contribution >= 0.6 is 0 Å². The molecule has 4 heteroatoms. The first-order valence-corrected chi connectivity index (χ1v) is 7.61. The number of nitrogens with one attached hydrogen (secondary N) is 1. The Morgan fingerprint density at radius 3 is 2.48 bits per heavy atom. The fraction of sp³-hybridized carbons (Fsp3) is 0.647. The van der Waals surface area contributed by atoms with E-state index < -0.39 is 0 Å². The third-order valence-electron chi connectivity index (χ3n) is 3.27. The monoisotopic (exact) mass is 295 g/mol. The van der Waals surface area contributed by atoms with Crippen LogP contribution in [0.15, 0.2) is 18.2 Å². The SMILES string of the molecule is COc1ccc(OC)c(C(C)NCCCOCC(C)C)c1. The van der Waals surface area contributed by atoms with Crippen LogP contribution in [0, 0.1) is 5.92 Å². The summed E-state index contributed by atoms with van der Waals surface area (Å²) in [6.07, 6.45) is 1.00. The van der Waals surface area contributed by atoms with Gasteiger partial charge < -0.3 is 19.5 Å². The molecule has 0 aliphatic carbocycles. The standard InChI is InChI=1S/C17H29NO3/c1-13(2)12-21-10-6-9-18-14(3)16-11-15(19-4)7-8-17(16)20-5/h7-8,11,13-14,18H,6,9-10,12H2,1-5H3. The lowest BCUT2D eigenvalue weighted by Crippen LogP contribution is -2.21. The van der Waals surface area contributed by atoms with Crippen LogP contribution in [0.2, 0.25) is 0 Å². The maximum atomic E-state index is 5.58. The highest BCUT2D eigenvalue weighted by Gasteiger charge is 2.12. The van der Waals surface area contributed by atoms with Crippen molar-refractivity contribution >= 4 is 0 Å². The van der Waals surface area contributed by atoms with Crippen LogP contribution in [-0.4, -0.2) is 34.0 Å². The van der Waals surface area contributed by atoms with Gasteiger partial charge in [0.25, 0.3) is 0 Å². The normalized spacial score (nSPS) is 12.5. The predicted octanol–water partition coefficient (Wildman–Crippen LogP) is 3.42. The van der Waals surface area contributed by atoms with Gasteiger partial charge in [0, 0.05) is 24.8 Å². The van der Waals surface area contributed by atoms with Gasteiger partial charge in [0.05, 0.1) is 14.2 Å². The van der Waals surface area contributed by atoms with E-state index in [1.54, 1.807) is 14.2 Å². The summed E-state index contributed by atoms with van der Waals surface area (Å²) in [6, 6.07) is 6.08. The van der Waals surface area contributed by atoms with Crippen molar-refractivity contribution < 1.29 is 14.2 Å². The number of rotatable bonds is 10. The molecule has 1 unspecified atom stereocenters. The third kappa shape index (κ3) is 6.36. The van der Waals surface area contributed by atoms with Crippen molar-refractivity contribution in [1.82, 2.24) is 5.32 Å². The van der Waals surface area contributed by atoms with Gasteiger partial charge >= 0.3 is 0 Å².